The number of hydrogen-bond donors (Lipinski definition) is 2. The Balaban J connectivity index is 1.44. The third-order valence-electron chi connectivity index (χ3n) is 4.88. The Morgan fingerprint density at radius 3 is 2.53 bits per heavy atom. The molecule has 30 heavy (non-hydrogen) atoms. The molecule has 0 aliphatic carbocycles. The molecule has 0 unspecified atom stereocenters. The van der Waals surface area contributed by atoms with Gasteiger partial charge in [-0.05, 0) is 54.8 Å². The van der Waals surface area contributed by atoms with E-state index in [1.165, 1.54) is 5.56 Å². The van der Waals surface area contributed by atoms with Gasteiger partial charge in [0.1, 0.15) is 11.3 Å². The van der Waals surface area contributed by atoms with Crippen LogP contribution < -0.4 is 10.6 Å². The number of carbonyl (C=O) groups is 1. The lowest BCUT2D eigenvalue weighted by molar-refractivity contribution is 0.252. The van der Waals surface area contributed by atoms with E-state index in [0.29, 0.717) is 19.5 Å². The van der Waals surface area contributed by atoms with Crippen molar-refractivity contribution in [2.24, 2.45) is 0 Å². The number of anilines is 1. The number of benzene rings is 2. The molecular weight excluding hydrogens is 374 g/mol. The first kappa shape index (κ1) is 19.6. The zero-order valence-corrected chi connectivity index (χ0v) is 17.2. The van der Waals surface area contributed by atoms with Gasteiger partial charge in [0, 0.05) is 24.8 Å². The Morgan fingerprint density at radius 2 is 1.77 bits per heavy atom. The Hall–Kier alpha value is -3.67. The summed E-state index contributed by atoms with van der Waals surface area (Å²) >= 11 is 0. The van der Waals surface area contributed by atoms with Crippen LogP contribution in [0.5, 0.6) is 0 Å². The number of urea groups is 1. The lowest BCUT2D eigenvalue weighted by atomic mass is 10.1. The van der Waals surface area contributed by atoms with Gasteiger partial charge in [-0.3, -0.25) is 0 Å². The fraction of sp³-hybridized carbons (Fsp3) is 0.208. The molecule has 2 amide bonds. The molecule has 0 spiro atoms. The summed E-state index contributed by atoms with van der Waals surface area (Å²) in [4.78, 5) is 21.6. The summed E-state index contributed by atoms with van der Waals surface area (Å²) < 4.78 is 2.12. The van der Waals surface area contributed by atoms with Gasteiger partial charge in [-0.2, -0.15) is 0 Å². The zero-order valence-electron chi connectivity index (χ0n) is 17.2. The van der Waals surface area contributed by atoms with Crippen molar-refractivity contribution in [2.45, 2.75) is 26.8 Å². The molecule has 2 N–H and O–H groups in total. The molecule has 2 aromatic heterocycles. The van der Waals surface area contributed by atoms with Gasteiger partial charge < -0.3 is 15.2 Å². The minimum absolute atomic E-state index is 0.219. The monoisotopic (exact) mass is 399 g/mol. The van der Waals surface area contributed by atoms with Crippen LogP contribution in [0, 0.1) is 13.8 Å². The number of aromatic nitrogens is 3. The van der Waals surface area contributed by atoms with Gasteiger partial charge in [0.25, 0.3) is 0 Å². The summed E-state index contributed by atoms with van der Waals surface area (Å²) in [7, 11) is 0. The first-order valence-corrected chi connectivity index (χ1v) is 10.1. The van der Waals surface area contributed by atoms with Crippen LogP contribution in [-0.4, -0.2) is 27.1 Å². The number of rotatable bonds is 6. The molecule has 0 radical (unpaired) electrons. The summed E-state index contributed by atoms with van der Waals surface area (Å²) in [5, 5.41) is 5.83. The predicted molar refractivity (Wildman–Crippen MR) is 120 cm³/mol. The topological polar surface area (TPSA) is 71.8 Å². The molecule has 4 aromatic rings. The molecule has 4 rings (SSSR count). The van der Waals surface area contributed by atoms with E-state index in [-0.39, 0.29) is 6.03 Å². The molecule has 152 valence electrons. The minimum atomic E-state index is -0.219. The van der Waals surface area contributed by atoms with E-state index in [1.807, 2.05) is 56.3 Å². The molecule has 2 heterocycles. The molecule has 6 nitrogen and oxygen atoms in total. The SMILES string of the molecule is Cc1cc(C)cc(NC(=O)NCCc2nc3cccnc3n2Cc2ccccc2)c1. The van der Waals surface area contributed by atoms with E-state index in [4.69, 9.17) is 4.98 Å². The van der Waals surface area contributed by atoms with Crippen molar-refractivity contribution in [1.29, 1.82) is 0 Å². The summed E-state index contributed by atoms with van der Waals surface area (Å²) in [6, 6.07) is 19.9. The van der Waals surface area contributed by atoms with Crippen molar-refractivity contribution in [3.8, 4) is 0 Å². The van der Waals surface area contributed by atoms with Crippen LogP contribution in [0.1, 0.15) is 22.5 Å². The second-order valence-corrected chi connectivity index (χ2v) is 7.45. The van der Waals surface area contributed by atoms with Crippen molar-refractivity contribution >= 4 is 22.9 Å². The first-order chi connectivity index (χ1) is 14.6. The van der Waals surface area contributed by atoms with E-state index in [1.54, 1.807) is 6.20 Å². The first-order valence-electron chi connectivity index (χ1n) is 10.1. The maximum Gasteiger partial charge on any atom is 0.319 e. The summed E-state index contributed by atoms with van der Waals surface area (Å²) in [6.45, 7) is 5.20. The third-order valence-corrected chi connectivity index (χ3v) is 4.88. The maximum atomic E-state index is 12.3. The third kappa shape index (κ3) is 4.66. The lowest BCUT2D eigenvalue weighted by Gasteiger charge is -2.11. The molecule has 2 aromatic carbocycles. The van der Waals surface area contributed by atoms with E-state index >= 15 is 0 Å². The van der Waals surface area contributed by atoms with Gasteiger partial charge >= 0.3 is 6.03 Å². The van der Waals surface area contributed by atoms with Crippen molar-refractivity contribution in [3.05, 3.63) is 89.4 Å². The second kappa shape index (κ2) is 8.78. The molecule has 0 bridgehead atoms. The molecular formula is C24H25N5O. The fourth-order valence-corrected chi connectivity index (χ4v) is 3.64. The van der Waals surface area contributed by atoms with Crippen LogP contribution in [0.2, 0.25) is 0 Å². The molecule has 0 saturated carbocycles. The summed E-state index contributed by atoms with van der Waals surface area (Å²) in [5.74, 6) is 0.902. The molecule has 0 saturated heterocycles. The number of nitrogens with zero attached hydrogens (tertiary/aromatic N) is 3. The van der Waals surface area contributed by atoms with Crippen LogP contribution in [0.3, 0.4) is 0 Å². The highest BCUT2D eigenvalue weighted by Crippen LogP contribution is 2.17. The number of amides is 2. The highest BCUT2D eigenvalue weighted by atomic mass is 16.2. The largest absolute Gasteiger partial charge is 0.337 e. The van der Waals surface area contributed by atoms with Gasteiger partial charge in [-0.25, -0.2) is 14.8 Å². The Bertz CT molecular complexity index is 1150. The smallest absolute Gasteiger partial charge is 0.319 e. The average Bonchev–Trinajstić information content (AvgIpc) is 3.05. The zero-order chi connectivity index (χ0) is 20.9. The number of nitrogens with one attached hydrogen (secondary N) is 2. The highest BCUT2D eigenvalue weighted by molar-refractivity contribution is 5.89. The van der Waals surface area contributed by atoms with Crippen LogP contribution in [0.25, 0.3) is 11.2 Å². The predicted octanol–water partition coefficient (Wildman–Crippen LogP) is 4.46. The van der Waals surface area contributed by atoms with Crippen molar-refractivity contribution in [2.75, 3.05) is 11.9 Å². The highest BCUT2D eigenvalue weighted by Gasteiger charge is 2.12. The lowest BCUT2D eigenvalue weighted by Crippen LogP contribution is -2.31. The molecule has 6 heteroatoms. The van der Waals surface area contributed by atoms with E-state index in [2.05, 4.69) is 38.4 Å². The van der Waals surface area contributed by atoms with Crippen LogP contribution in [-0.2, 0) is 13.0 Å². The average molecular weight is 399 g/mol. The number of pyridine rings is 1. The summed E-state index contributed by atoms with van der Waals surface area (Å²) in [6.07, 6.45) is 2.40. The van der Waals surface area contributed by atoms with Gasteiger partial charge in [0.2, 0.25) is 0 Å². The second-order valence-electron chi connectivity index (χ2n) is 7.45. The number of aryl methyl sites for hydroxylation is 2. The van der Waals surface area contributed by atoms with Crippen LogP contribution >= 0.6 is 0 Å². The number of hydrogen-bond acceptors (Lipinski definition) is 3. The van der Waals surface area contributed by atoms with E-state index in [0.717, 1.165) is 33.8 Å². The van der Waals surface area contributed by atoms with E-state index in [9.17, 15) is 4.79 Å². The number of fused-ring (bicyclic) bond motifs is 1. The Morgan fingerprint density at radius 1 is 1.00 bits per heavy atom. The van der Waals surface area contributed by atoms with Crippen molar-refractivity contribution < 1.29 is 4.79 Å². The number of carbonyl (C=O) groups excluding carboxylic acids is 1. The van der Waals surface area contributed by atoms with Crippen molar-refractivity contribution in [1.82, 2.24) is 19.9 Å². The summed E-state index contributed by atoms with van der Waals surface area (Å²) in [5.41, 5.74) is 5.94. The quantitative estimate of drug-likeness (QED) is 0.503. The number of imidazole rings is 1. The molecule has 0 aliphatic rings. The van der Waals surface area contributed by atoms with E-state index < -0.39 is 0 Å². The molecule has 0 fully saturated rings. The van der Waals surface area contributed by atoms with Gasteiger partial charge in [0.05, 0.1) is 6.54 Å². The fourth-order valence-electron chi connectivity index (χ4n) is 3.64. The van der Waals surface area contributed by atoms with Crippen LogP contribution in [0.15, 0.2) is 66.9 Å². The minimum Gasteiger partial charge on any atom is -0.337 e. The molecule has 0 aliphatic heterocycles. The standard InChI is InChI=1S/C24H25N5O/c1-17-13-18(2)15-20(14-17)27-24(30)26-12-10-22-28-21-9-6-11-25-23(21)29(22)16-19-7-4-3-5-8-19/h3-9,11,13-15H,10,12,16H2,1-2H3,(H2,26,27,30). The van der Waals surface area contributed by atoms with Crippen molar-refractivity contribution in [3.63, 3.8) is 0 Å². The van der Waals surface area contributed by atoms with Gasteiger partial charge in [-0.15, -0.1) is 0 Å². The van der Waals surface area contributed by atoms with Gasteiger partial charge in [-0.1, -0.05) is 36.4 Å². The van der Waals surface area contributed by atoms with Gasteiger partial charge in [0.15, 0.2) is 5.65 Å². The normalized spacial score (nSPS) is 10.9. The Labute approximate surface area is 176 Å². The van der Waals surface area contributed by atoms with Crippen LogP contribution in [0.4, 0.5) is 10.5 Å². The Kier molecular flexibility index (Phi) is 5.75. The maximum absolute atomic E-state index is 12.3. The molecule has 0 atom stereocenters.